The number of rotatable bonds is 3. The predicted octanol–water partition coefficient (Wildman–Crippen LogP) is 3.22. The van der Waals surface area contributed by atoms with Crippen molar-refractivity contribution >= 4 is 70.6 Å². The van der Waals surface area contributed by atoms with Gasteiger partial charge in [0, 0.05) is 0 Å². The highest BCUT2D eigenvalue weighted by molar-refractivity contribution is 9.11. The van der Waals surface area contributed by atoms with Gasteiger partial charge >= 0.3 is 0 Å². The second-order valence-corrected chi connectivity index (χ2v) is 8.30. The average molecular weight is 449 g/mol. The van der Waals surface area contributed by atoms with Gasteiger partial charge in [-0.15, -0.1) is 0 Å². The SMILES string of the molecule is Cc1nc(Cl)sc1S(=O)(=O)Nc1ncc(Br)nc1Br. The summed E-state index contributed by atoms with van der Waals surface area (Å²) in [4.78, 5) is 11.8. The molecule has 19 heavy (non-hydrogen) atoms. The molecule has 2 aromatic heterocycles. The van der Waals surface area contributed by atoms with Crippen LogP contribution in [0, 0.1) is 6.92 Å². The van der Waals surface area contributed by atoms with Gasteiger partial charge in [-0.2, -0.15) is 0 Å². The molecule has 0 atom stereocenters. The number of nitrogens with zero attached hydrogens (tertiary/aromatic N) is 3. The van der Waals surface area contributed by atoms with Crippen LogP contribution >= 0.6 is 54.8 Å². The maximum atomic E-state index is 12.2. The Labute approximate surface area is 135 Å². The van der Waals surface area contributed by atoms with E-state index < -0.39 is 10.0 Å². The second kappa shape index (κ2) is 5.60. The van der Waals surface area contributed by atoms with Crippen molar-refractivity contribution < 1.29 is 8.42 Å². The number of hydrogen-bond donors (Lipinski definition) is 1. The van der Waals surface area contributed by atoms with E-state index in [4.69, 9.17) is 11.6 Å². The molecule has 0 radical (unpaired) electrons. The van der Waals surface area contributed by atoms with E-state index >= 15 is 0 Å². The molecule has 2 rings (SSSR count). The van der Waals surface area contributed by atoms with Crippen molar-refractivity contribution in [2.45, 2.75) is 11.1 Å². The van der Waals surface area contributed by atoms with Crippen LogP contribution in [0.4, 0.5) is 5.82 Å². The maximum Gasteiger partial charge on any atom is 0.274 e. The third-order valence-corrected chi connectivity index (χ3v) is 6.05. The Morgan fingerprint density at radius 2 is 2.05 bits per heavy atom. The molecule has 102 valence electrons. The summed E-state index contributed by atoms with van der Waals surface area (Å²) in [6.45, 7) is 1.57. The number of sulfonamides is 1. The highest BCUT2D eigenvalue weighted by atomic mass is 79.9. The van der Waals surface area contributed by atoms with Gasteiger partial charge in [-0.25, -0.2) is 23.4 Å². The molecule has 0 fully saturated rings. The molecule has 0 aromatic carbocycles. The summed E-state index contributed by atoms with van der Waals surface area (Å²) < 4.78 is 27.7. The van der Waals surface area contributed by atoms with E-state index in [-0.39, 0.29) is 19.1 Å². The fourth-order valence-corrected chi connectivity index (χ4v) is 4.99. The van der Waals surface area contributed by atoms with Crippen molar-refractivity contribution in [2.24, 2.45) is 0 Å². The average Bonchev–Trinajstić information content (AvgIpc) is 2.63. The number of halogens is 3. The van der Waals surface area contributed by atoms with Crippen LogP contribution in [0.5, 0.6) is 0 Å². The van der Waals surface area contributed by atoms with Crippen LogP contribution in [0.25, 0.3) is 0 Å². The molecule has 6 nitrogen and oxygen atoms in total. The molecule has 0 bridgehead atoms. The molecule has 2 aromatic rings. The van der Waals surface area contributed by atoms with Gasteiger partial charge in [-0.3, -0.25) is 4.72 Å². The van der Waals surface area contributed by atoms with Crippen molar-refractivity contribution in [1.82, 2.24) is 15.0 Å². The molecule has 11 heteroatoms. The Hall–Kier alpha value is -0.290. The number of aryl methyl sites for hydroxylation is 1. The topological polar surface area (TPSA) is 84.8 Å². The molecule has 0 aliphatic heterocycles. The molecular formula is C8H5Br2ClN4O2S2. The highest BCUT2D eigenvalue weighted by Gasteiger charge is 2.23. The van der Waals surface area contributed by atoms with E-state index in [2.05, 4.69) is 51.5 Å². The second-order valence-electron chi connectivity index (χ2n) is 3.28. The third kappa shape index (κ3) is 3.43. The molecule has 1 N–H and O–H groups in total. The van der Waals surface area contributed by atoms with Crippen molar-refractivity contribution in [2.75, 3.05) is 4.72 Å². The van der Waals surface area contributed by atoms with E-state index in [1.54, 1.807) is 6.92 Å². The van der Waals surface area contributed by atoms with Crippen molar-refractivity contribution in [3.63, 3.8) is 0 Å². The molecule has 0 unspecified atom stereocenters. The highest BCUT2D eigenvalue weighted by Crippen LogP contribution is 2.29. The van der Waals surface area contributed by atoms with E-state index in [1.807, 2.05) is 0 Å². The van der Waals surface area contributed by atoms with Gasteiger partial charge in [-0.05, 0) is 38.8 Å². The van der Waals surface area contributed by atoms with Gasteiger partial charge in [0.1, 0.15) is 4.60 Å². The number of anilines is 1. The van der Waals surface area contributed by atoms with E-state index in [1.165, 1.54) is 6.20 Å². The Morgan fingerprint density at radius 3 is 2.58 bits per heavy atom. The fraction of sp³-hybridized carbons (Fsp3) is 0.125. The van der Waals surface area contributed by atoms with Gasteiger partial charge in [0.25, 0.3) is 10.0 Å². The van der Waals surface area contributed by atoms with E-state index in [0.29, 0.717) is 10.3 Å². The Kier molecular flexibility index (Phi) is 4.45. The number of thiazole rings is 1. The van der Waals surface area contributed by atoms with Crippen LogP contribution in [0.1, 0.15) is 5.69 Å². The lowest BCUT2D eigenvalue weighted by Gasteiger charge is -2.07. The minimum atomic E-state index is -3.78. The molecular weight excluding hydrogens is 444 g/mol. The predicted molar refractivity (Wildman–Crippen MR) is 80.1 cm³/mol. The quantitative estimate of drug-likeness (QED) is 0.779. The van der Waals surface area contributed by atoms with Crippen molar-refractivity contribution in [1.29, 1.82) is 0 Å². The monoisotopic (exact) mass is 446 g/mol. The summed E-state index contributed by atoms with van der Waals surface area (Å²) in [6.07, 6.45) is 1.38. The van der Waals surface area contributed by atoms with Crippen LogP contribution in [-0.4, -0.2) is 23.4 Å². The van der Waals surface area contributed by atoms with Crippen molar-refractivity contribution in [3.05, 3.63) is 25.6 Å². The molecule has 0 spiro atoms. The summed E-state index contributed by atoms with van der Waals surface area (Å²) in [6, 6.07) is 0. The lowest BCUT2D eigenvalue weighted by atomic mass is 10.6. The molecule has 0 amide bonds. The van der Waals surface area contributed by atoms with Crippen LogP contribution in [0.2, 0.25) is 4.47 Å². The first-order chi connectivity index (χ1) is 8.79. The van der Waals surface area contributed by atoms with Gasteiger partial charge in [0.2, 0.25) is 0 Å². The zero-order chi connectivity index (χ0) is 14.2. The zero-order valence-corrected chi connectivity index (χ0v) is 14.7. The first-order valence-electron chi connectivity index (χ1n) is 4.63. The fourth-order valence-electron chi connectivity index (χ4n) is 1.19. The summed E-state index contributed by atoms with van der Waals surface area (Å²) in [5, 5.41) is 0. The largest absolute Gasteiger partial charge is 0.274 e. The third-order valence-electron chi connectivity index (χ3n) is 1.90. The zero-order valence-electron chi connectivity index (χ0n) is 9.19. The van der Waals surface area contributed by atoms with Crippen LogP contribution < -0.4 is 4.72 Å². The molecule has 0 saturated carbocycles. The molecule has 0 aliphatic carbocycles. The Morgan fingerprint density at radius 1 is 1.37 bits per heavy atom. The number of hydrogen-bond acceptors (Lipinski definition) is 6. The van der Waals surface area contributed by atoms with E-state index in [0.717, 1.165) is 11.3 Å². The lowest BCUT2D eigenvalue weighted by molar-refractivity contribution is 0.602. The summed E-state index contributed by atoms with van der Waals surface area (Å²) in [5.74, 6) is 0.0899. The molecule has 2 heterocycles. The Balaban J connectivity index is 2.39. The van der Waals surface area contributed by atoms with E-state index in [9.17, 15) is 8.42 Å². The van der Waals surface area contributed by atoms with Gasteiger partial charge < -0.3 is 0 Å². The normalized spacial score (nSPS) is 11.6. The van der Waals surface area contributed by atoms with Crippen molar-refractivity contribution in [3.8, 4) is 0 Å². The number of aromatic nitrogens is 3. The summed E-state index contributed by atoms with van der Waals surface area (Å²) in [5.41, 5.74) is 0.337. The standard InChI is InChI=1S/C8H5Br2ClN4O2S2/c1-3-7(18-8(11)13-3)19(16,17)15-6-5(10)14-4(9)2-12-6/h2H,1H3,(H,12,15). The molecule has 0 aliphatic rings. The van der Waals surface area contributed by atoms with Gasteiger partial charge in [-0.1, -0.05) is 22.9 Å². The minimum Gasteiger partial charge on any atom is -0.260 e. The smallest absolute Gasteiger partial charge is 0.260 e. The molecule has 0 saturated heterocycles. The first-order valence-corrected chi connectivity index (χ1v) is 8.90. The summed E-state index contributed by atoms with van der Waals surface area (Å²) in [7, 11) is -3.78. The maximum absolute atomic E-state index is 12.2. The summed E-state index contributed by atoms with van der Waals surface area (Å²) >= 11 is 12.8. The van der Waals surface area contributed by atoms with Crippen LogP contribution in [0.3, 0.4) is 0 Å². The lowest BCUT2D eigenvalue weighted by Crippen LogP contribution is -2.14. The Bertz CT molecular complexity index is 734. The first kappa shape index (κ1) is 15.1. The van der Waals surface area contributed by atoms with Gasteiger partial charge in [0.15, 0.2) is 19.1 Å². The minimum absolute atomic E-state index is 0.0501. The van der Waals surface area contributed by atoms with Crippen LogP contribution in [0.15, 0.2) is 19.6 Å². The van der Waals surface area contributed by atoms with Crippen LogP contribution in [-0.2, 0) is 10.0 Å². The van der Waals surface area contributed by atoms with Gasteiger partial charge in [0.05, 0.1) is 11.9 Å². The number of nitrogens with one attached hydrogen (secondary N) is 1.